The van der Waals surface area contributed by atoms with Gasteiger partial charge in [0, 0.05) is 4.47 Å². The first-order valence-electron chi connectivity index (χ1n) is 6.61. The zero-order valence-corrected chi connectivity index (χ0v) is 12.2. The molecule has 2 atom stereocenters. The summed E-state index contributed by atoms with van der Waals surface area (Å²) >= 11 is 3.40. The smallest absolute Gasteiger partial charge is 0.138 e. The maximum atomic E-state index is 9.19. The zero-order chi connectivity index (χ0) is 13.0. The third-order valence-corrected chi connectivity index (χ3v) is 4.39. The predicted molar refractivity (Wildman–Crippen MR) is 75.5 cm³/mol. The Bertz CT molecular complexity index is 452. The van der Waals surface area contributed by atoms with Gasteiger partial charge in [-0.05, 0) is 59.7 Å². The van der Waals surface area contributed by atoms with Crippen LogP contribution in [-0.2, 0) is 0 Å². The number of ether oxygens (including phenoxy) is 1. The highest BCUT2D eigenvalue weighted by molar-refractivity contribution is 9.10. The summed E-state index contributed by atoms with van der Waals surface area (Å²) < 4.78 is 6.92. The highest BCUT2D eigenvalue weighted by Crippen LogP contribution is 2.33. The molecule has 0 aromatic heterocycles. The summed E-state index contributed by atoms with van der Waals surface area (Å²) in [5.41, 5.74) is 0.609. The molecule has 0 aliphatic heterocycles. The maximum Gasteiger partial charge on any atom is 0.138 e. The number of halogens is 1. The van der Waals surface area contributed by atoms with Gasteiger partial charge in [0.1, 0.15) is 23.5 Å². The van der Waals surface area contributed by atoms with Crippen molar-refractivity contribution in [2.75, 3.05) is 0 Å². The Morgan fingerprint density at radius 1 is 1.39 bits per heavy atom. The fourth-order valence-electron chi connectivity index (χ4n) is 2.67. The zero-order valence-electron chi connectivity index (χ0n) is 10.7. The average Bonchev–Trinajstić information content (AvgIpc) is 2.40. The highest BCUT2D eigenvalue weighted by Gasteiger charge is 2.26. The van der Waals surface area contributed by atoms with Gasteiger partial charge in [0.25, 0.3) is 0 Å². The third kappa shape index (κ3) is 2.87. The first-order chi connectivity index (χ1) is 8.76. The molecule has 2 nitrogen and oxygen atoms in total. The molecule has 1 aliphatic carbocycles. The van der Waals surface area contributed by atoms with Crippen LogP contribution in [-0.4, -0.2) is 6.10 Å². The Kier molecular flexibility index (Phi) is 4.66. The molecule has 1 aromatic carbocycles. The quantitative estimate of drug-likeness (QED) is 0.813. The Morgan fingerprint density at radius 2 is 2.17 bits per heavy atom. The van der Waals surface area contributed by atoms with Crippen LogP contribution in [0.3, 0.4) is 0 Å². The van der Waals surface area contributed by atoms with E-state index in [1.165, 1.54) is 19.3 Å². The molecule has 0 spiro atoms. The van der Waals surface area contributed by atoms with Crippen LogP contribution in [0.25, 0.3) is 0 Å². The standard InChI is InChI=1S/C15H18BrNO/c1-2-11-6-3-4-8-14(11)18-15-9-5-7-13(16)12(15)10-17/h5,7,9,11,14H,2-4,6,8H2,1H3. The average molecular weight is 308 g/mol. The minimum atomic E-state index is 0.269. The van der Waals surface area contributed by atoms with Crippen molar-refractivity contribution in [1.29, 1.82) is 5.26 Å². The Morgan fingerprint density at radius 3 is 2.89 bits per heavy atom. The van der Waals surface area contributed by atoms with Gasteiger partial charge < -0.3 is 4.74 Å². The second-order valence-electron chi connectivity index (χ2n) is 4.83. The molecule has 96 valence electrons. The molecule has 0 heterocycles. The Labute approximate surface area is 117 Å². The molecule has 2 unspecified atom stereocenters. The molecule has 0 amide bonds. The molecule has 18 heavy (non-hydrogen) atoms. The largest absolute Gasteiger partial charge is 0.489 e. The van der Waals surface area contributed by atoms with Crippen molar-refractivity contribution in [2.45, 2.75) is 45.1 Å². The number of rotatable bonds is 3. The van der Waals surface area contributed by atoms with Gasteiger partial charge in [0.2, 0.25) is 0 Å². The number of benzene rings is 1. The molecule has 0 radical (unpaired) electrons. The SMILES string of the molecule is CCC1CCCCC1Oc1cccc(Br)c1C#N. The summed E-state index contributed by atoms with van der Waals surface area (Å²) in [6.07, 6.45) is 6.32. The molecule has 0 bridgehead atoms. The van der Waals surface area contributed by atoms with Crippen LogP contribution in [0.2, 0.25) is 0 Å². The summed E-state index contributed by atoms with van der Waals surface area (Å²) in [6.45, 7) is 2.22. The lowest BCUT2D eigenvalue weighted by molar-refractivity contribution is 0.0900. The lowest BCUT2D eigenvalue weighted by Crippen LogP contribution is -2.30. The fourth-order valence-corrected chi connectivity index (χ4v) is 3.11. The summed E-state index contributed by atoms with van der Waals surface area (Å²) in [6, 6.07) is 7.91. The molecule has 1 aliphatic rings. The van der Waals surface area contributed by atoms with E-state index in [-0.39, 0.29) is 6.10 Å². The van der Waals surface area contributed by atoms with Gasteiger partial charge in [0.05, 0.1) is 0 Å². The summed E-state index contributed by atoms with van der Waals surface area (Å²) in [5, 5.41) is 9.19. The summed E-state index contributed by atoms with van der Waals surface area (Å²) in [5.74, 6) is 1.35. The van der Waals surface area contributed by atoms with E-state index in [1.54, 1.807) is 0 Å². The van der Waals surface area contributed by atoms with E-state index in [0.29, 0.717) is 11.5 Å². The fraction of sp³-hybridized carbons (Fsp3) is 0.533. The number of nitrogens with zero attached hydrogens (tertiary/aromatic N) is 1. The molecule has 0 N–H and O–H groups in total. The van der Waals surface area contributed by atoms with Crippen molar-refractivity contribution >= 4 is 15.9 Å². The minimum Gasteiger partial charge on any atom is -0.489 e. The monoisotopic (exact) mass is 307 g/mol. The number of hydrogen-bond donors (Lipinski definition) is 0. The maximum absolute atomic E-state index is 9.19. The summed E-state index contributed by atoms with van der Waals surface area (Å²) in [4.78, 5) is 0. The molecular weight excluding hydrogens is 290 g/mol. The van der Waals surface area contributed by atoms with E-state index in [9.17, 15) is 5.26 Å². The van der Waals surface area contributed by atoms with Gasteiger partial charge in [-0.25, -0.2) is 0 Å². The van der Waals surface area contributed by atoms with Crippen LogP contribution in [0.5, 0.6) is 5.75 Å². The second kappa shape index (κ2) is 6.24. The van der Waals surface area contributed by atoms with E-state index in [2.05, 4.69) is 28.9 Å². The van der Waals surface area contributed by atoms with Crippen molar-refractivity contribution in [1.82, 2.24) is 0 Å². The van der Waals surface area contributed by atoms with Crippen molar-refractivity contribution < 1.29 is 4.74 Å². The lowest BCUT2D eigenvalue weighted by atomic mass is 9.84. The number of nitriles is 1. The van der Waals surface area contributed by atoms with Crippen LogP contribution in [0, 0.1) is 17.2 Å². The third-order valence-electron chi connectivity index (χ3n) is 3.73. The Balaban J connectivity index is 2.18. The van der Waals surface area contributed by atoms with Crippen LogP contribution in [0.1, 0.15) is 44.6 Å². The minimum absolute atomic E-state index is 0.269. The van der Waals surface area contributed by atoms with Crippen LogP contribution < -0.4 is 4.74 Å². The van der Waals surface area contributed by atoms with Gasteiger partial charge in [-0.15, -0.1) is 0 Å². The van der Waals surface area contributed by atoms with Crippen molar-refractivity contribution in [3.05, 3.63) is 28.2 Å². The van der Waals surface area contributed by atoms with Crippen LogP contribution >= 0.6 is 15.9 Å². The van der Waals surface area contributed by atoms with Gasteiger partial charge in [0.15, 0.2) is 0 Å². The van der Waals surface area contributed by atoms with Crippen LogP contribution in [0.15, 0.2) is 22.7 Å². The van der Waals surface area contributed by atoms with Gasteiger partial charge in [-0.1, -0.05) is 19.4 Å². The van der Waals surface area contributed by atoms with Gasteiger partial charge in [-0.2, -0.15) is 5.26 Å². The van der Waals surface area contributed by atoms with E-state index in [0.717, 1.165) is 23.1 Å². The Hall–Kier alpha value is -1.01. The van der Waals surface area contributed by atoms with Crippen LogP contribution in [0.4, 0.5) is 0 Å². The van der Waals surface area contributed by atoms with Crippen molar-refractivity contribution in [3.8, 4) is 11.8 Å². The molecule has 1 fully saturated rings. The highest BCUT2D eigenvalue weighted by atomic mass is 79.9. The first kappa shape index (κ1) is 13.4. The topological polar surface area (TPSA) is 33.0 Å². The summed E-state index contributed by atoms with van der Waals surface area (Å²) in [7, 11) is 0. The molecule has 1 saturated carbocycles. The van der Waals surface area contributed by atoms with E-state index >= 15 is 0 Å². The molecule has 3 heteroatoms. The van der Waals surface area contributed by atoms with E-state index in [1.807, 2.05) is 18.2 Å². The molecule has 2 rings (SSSR count). The molecule has 0 saturated heterocycles. The molecule has 1 aromatic rings. The predicted octanol–water partition coefficient (Wildman–Crippen LogP) is 4.67. The first-order valence-corrected chi connectivity index (χ1v) is 7.40. The van der Waals surface area contributed by atoms with Gasteiger partial charge >= 0.3 is 0 Å². The lowest BCUT2D eigenvalue weighted by Gasteiger charge is -2.31. The van der Waals surface area contributed by atoms with E-state index in [4.69, 9.17) is 4.74 Å². The second-order valence-corrected chi connectivity index (χ2v) is 5.69. The van der Waals surface area contributed by atoms with Gasteiger partial charge in [-0.3, -0.25) is 0 Å². The molecular formula is C15H18BrNO. The van der Waals surface area contributed by atoms with Crippen molar-refractivity contribution in [2.24, 2.45) is 5.92 Å². The normalized spacial score (nSPS) is 23.4. The van der Waals surface area contributed by atoms with E-state index < -0.39 is 0 Å². The van der Waals surface area contributed by atoms with Crippen molar-refractivity contribution in [3.63, 3.8) is 0 Å². The number of hydrogen-bond acceptors (Lipinski definition) is 2.